The normalized spacial score (nSPS) is 25.0. The number of hydrogen-bond donors (Lipinski definition) is 2. The van der Waals surface area contributed by atoms with Crippen LogP contribution in [0.5, 0.6) is 0 Å². The molecule has 2 aliphatic heterocycles. The van der Waals surface area contributed by atoms with Crippen molar-refractivity contribution in [2.24, 2.45) is 5.92 Å². The summed E-state index contributed by atoms with van der Waals surface area (Å²) in [6, 6.07) is 10.7. The number of nitrogens with zero attached hydrogens (tertiary/aromatic N) is 1. The molecular formula is C17H25N3OS. The molecule has 2 aliphatic rings. The van der Waals surface area contributed by atoms with Crippen LogP contribution in [-0.2, 0) is 0 Å². The van der Waals surface area contributed by atoms with Gasteiger partial charge in [0.1, 0.15) is 0 Å². The highest BCUT2D eigenvalue weighted by molar-refractivity contribution is 7.99. The topological polar surface area (TPSA) is 44.4 Å². The van der Waals surface area contributed by atoms with Gasteiger partial charge in [0.05, 0.1) is 0 Å². The number of benzene rings is 1. The van der Waals surface area contributed by atoms with Gasteiger partial charge in [0.15, 0.2) is 0 Å². The fraction of sp³-hybridized carbons (Fsp3) is 0.588. The van der Waals surface area contributed by atoms with E-state index < -0.39 is 0 Å². The minimum Gasteiger partial charge on any atom is -0.381 e. The monoisotopic (exact) mass is 319 g/mol. The van der Waals surface area contributed by atoms with Gasteiger partial charge in [0.25, 0.3) is 0 Å². The Morgan fingerprint density at radius 3 is 2.91 bits per heavy atom. The van der Waals surface area contributed by atoms with Gasteiger partial charge in [-0.3, -0.25) is 0 Å². The van der Waals surface area contributed by atoms with Crippen molar-refractivity contribution in [3.63, 3.8) is 0 Å². The van der Waals surface area contributed by atoms with Gasteiger partial charge in [-0.05, 0) is 48.8 Å². The molecule has 0 spiro atoms. The first-order chi connectivity index (χ1) is 10.8. The third-order valence-corrected chi connectivity index (χ3v) is 5.65. The summed E-state index contributed by atoms with van der Waals surface area (Å²) in [7, 11) is 0. The minimum atomic E-state index is 0.108. The SMILES string of the molecule is O=C(NCC1CCSC1)N1CCCC(Nc2ccccc2)C1. The molecule has 2 atom stereocenters. The molecule has 3 rings (SSSR count). The molecule has 2 heterocycles. The lowest BCUT2D eigenvalue weighted by atomic mass is 10.1. The van der Waals surface area contributed by atoms with Crippen LogP contribution in [0.4, 0.5) is 10.5 Å². The summed E-state index contributed by atoms with van der Waals surface area (Å²) in [6.45, 7) is 2.50. The fourth-order valence-corrected chi connectivity index (χ4v) is 4.42. The lowest BCUT2D eigenvalue weighted by Gasteiger charge is -2.34. The molecule has 0 aliphatic carbocycles. The molecule has 2 N–H and O–H groups in total. The number of carbonyl (C=O) groups is 1. The number of carbonyl (C=O) groups excluding carboxylic acids is 1. The number of likely N-dealkylation sites (tertiary alicyclic amines) is 1. The smallest absolute Gasteiger partial charge is 0.317 e. The van der Waals surface area contributed by atoms with Crippen LogP contribution in [0.25, 0.3) is 0 Å². The molecule has 2 unspecified atom stereocenters. The van der Waals surface area contributed by atoms with Crippen LogP contribution in [0.1, 0.15) is 19.3 Å². The first-order valence-corrected chi connectivity index (χ1v) is 9.39. The molecule has 4 nitrogen and oxygen atoms in total. The zero-order valence-corrected chi connectivity index (χ0v) is 13.8. The van der Waals surface area contributed by atoms with Crippen LogP contribution in [0.15, 0.2) is 30.3 Å². The number of piperidine rings is 1. The van der Waals surface area contributed by atoms with Crippen molar-refractivity contribution in [2.75, 3.05) is 36.5 Å². The largest absolute Gasteiger partial charge is 0.381 e. The van der Waals surface area contributed by atoms with Crippen molar-refractivity contribution in [3.8, 4) is 0 Å². The summed E-state index contributed by atoms with van der Waals surface area (Å²) in [4.78, 5) is 14.3. The van der Waals surface area contributed by atoms with E-state index in [1.165, 1.54) is 17.9 Å². The molecule has 1 aromatic carbocycles. The van der Waals surface area contributed by atoms with Gasteiger partial charge in [-0.2, -0.15) is 11.8 Å². The molecule has 0 saturated carbocycles. The Bertz CT molecular complexity index is 476. The number of rotatable bonds is 4. The van der Waals surface area contributed by atoms with Crippen LogP contribution in [0.3, 0.4) is 0 Å². The van der Waals surface area contributed by atoms with Crippen molar-refractivity contribution in [1.82, 2.24) is 10.2 Å². The number of amides is 2. The van der Waals surface area contributed by atoms with Crippen LogP contribution >= 0.6 is 11.8 Å². The number of para-hydroxylation sites is 1. The molecule has 5 heteroatoms. The Balaban J connectivity index is 1.46. The third kappa shape index (κ3) is 4.32. The predicted molar refractivity (Wildman–Crippen MR) is 93.5 cm³/mol. The Hall–Kier alpha value is -1.36. The van der Waals surface area contributed by atoms with Crippen LogP contribution < -0.4 is 10.6 Å². The quantitative estimate of drug-likeness (QED) is 0.896. The lowest BCUT2D eigenvalue weighted by molar-refractivity contribution is 0.181. The average Bonchev–Trinajstić information content (AvgIpc) is 3.07. The number of anilines is 1. The molecule has 22 heavy (non-hydrogen) atoms. The maximum Gasteiger partial charge on any atom is 0.317 e. The second kappa shape index (κ2) is 7.77. The molecule has 2 amide bonds. The van der Waals surface area contributed by atoms with Gasteiger partial charge < -0.3 is 15.5 Å². The van der Waals surface area contributed by atoms with E-state index in [4.69, 9.17) is 0 Å². The Morgan fingerprint density at radius 1 is 1.27 bits per heavy atom. The Labute approximate surface area is 137 Å². The highest BCUT2D eigenvalue weighted by Gasteiger charge is 2.24. The summed E-state index contributed by atoms with van der Waals surface area (Å²) in [6.07, 6.45) is 3.43. The van der Waals surface area contributed by atoms with E-state index in [-0.39, 0.29) is 6.03 Å². The van der Waals surface area contributed by atoms with Gasteiger partial charge in [-0.25, -0.2) is 4.79 Å². The van der Waals surface area contributed by atoms with Crippen LogP contribution in [-0.4, -0.2) is 48.1 Å². The number of urea groups is 1. The number of thioether (sulfide) groups is 1. The van der Waals surface area contributed by atoms with Crippen LogP contribution in [0, 0.1) is 5.92 Å². The van der Waals surface area contributed by atoms with Crippen molar-refractivity contribution in [2.45, 2.75) is 25.3 Å². The minimum absolute atomic E-state index is 0.108. The fourth-order valence-electron chi connectivity index (χ4n) is 3.14. The lowest BCUT2D eigenvalue weighted by Crippen LogP contribution is -2.49. The average molecular weight is 319 g/mol. The number of nitrogens with one attached hydrogen (secondary N) is 2. The van der Waals surface area contributed by atoms with E-state index in [1.807, 2.05) is 34.9 Å². The van der Waals surface area contributed by atoms with E-state index in [1.54, 1.807) is 0 Å². The zero-order valence-electron chi connectivity index (χ0n) is 13.0. The Morgan fingerprint density at radius 2 is 2.14 bits per heavy atom. The van der Waals surface area contributed by atoms with E-state index in [9.17, 15) is 4.79 Å². The standard InChI is InChI=1S/C17H25N3OS/c21-17(18-11-14-8-10-22-13-14)20-9-4-7-16(12-20)19-15-5-2-1-3-6-15/h1-3,5-6,14,16,19H,4,7-13H2,(H,18,21). The van der Waals surface area contributed by atoms with E-state index in [0.29, 0.717) is 12.0 Å². The summed E-state index contributed by atoms with van der Waals surface area (Å²) in [5, 5.41) is 6.66. The Kier molecular flexibility index (Phi) is 5.48. The van der Waals surface area contributed by atoms with E-state index in [0.717, 1.165) is 38.2 Å². The molecular weight excluding hydrogens is 294 g/mol. The molecule has 0 aromatic heterocycles. The zero-order chi connectivity index (χ0) is 15.2. The predicted octanol–water partition coefficient (Wildman–Crippen LogP) is 3.03. The van der Waals surface area contributed by atoms with Crippen molar-refractivity contribution >= 4 is 23.5 Å². The summed E-state index contributed by atoms with van der Waals surface area (Å²) < 4.78 is 0. The maximum absolute atomic E-state index is 12.3. The van der Waals surface area contributed by atoms with Gasteiger partial charge in [0.2, 0.25) is 0 Å². The molecule has 1 aromatic rings. The summed E-state index contributed by atoms with van der Waals surface area (Å²) in [5.41, 5.74) is 1.14. The molecule has 2 saturated heterocycles. The van der Waals surface area contributed by atoms with Gasteiger partial charge in [0, 0.05) is 31.4 Å². The van der Waals surface area contributed by atoms with E-state index >= 15 is 0 Å². The highest BCUT2D eigenvalue weighted by Crippen LogP contribution is 2.22. The molecule has 2 fully saturated rings. The molecule has 120 valence electrons. The third-order valence-electron chi connectivity index (χ3n) is 4.42. The molecule has 0 bridgehead atoms. The van der Waals surface area contributed by atoms with Gasteiger partial charge in [-0.15, -0.1) is 0 Å². The second-order valence-electron chi connectivity index (χ2n) is 6.21. The highest BCUT2D eigenvalue weighted by atomic mass is 32.2. The van der Waals surface area contributed by atoms with E-state index in [2.05, 4.69) is 22.8 Å². The van der Waals surface area contributed by atoms with Crippen LogP contribution in [0.2, 0.25) is 0 Å². The maximum atomic E-state index is 12.3. The second-order valence-corrected chi connectivity index (χ2v) is 7.36. The van der Waals surface area contributed by atoms with Crippen molar-refractivity contribution < 1.29 is 4.79 Å². The molecule has 0 radical (unpaired) electrons. The number of hydrogen-bond acceptors (Lipinski definition) is 3. The first kappa shape index (κ1) is 15.5. The summed E-state index contributed by atoms with van der Waals surface area (Å²) in [5.74, 6) is 3.10. The van der Waals surface area contributed by atoms with Gasteiger partial charge in [-0.1, -0.05) is 18.2 Å². The first-order valence-electron chi connectivity index (χ1n) is 8.23. The van der Waals surface area contributed by atoms with Crippen molar-refractivity contribution in [1.29, 1.82) is 0 Å². The summed E-state index contributed by atoms with van der Waals surface area (Å²) >= 11 is 2.00. The van der Waals surface area contributed by atoms with Gasteiger partial charge >= 0.3 is 6.03 Å². The van der Waals surface area contributed by atoms with Crippen molar-refractivity contribution in [3.05, 3.63) is 30.3 Å².